The van der Waals surface area contributed by atoms with E-state index in [2.05, 4.69) is 5.32 Å². The predicted octanol–water partition coefficient (Wildman–Crippen LogP) is 3.48. The second-order valence-corrected chi connectivity index (χ2v) is 10.0. The van der Waals surface area contributed by atoms with Gasteiger partial charge < -0.3 is 10.4 Å². The van der Waals surface area contributed by atoms with Gasteiger partial charge in [-0.05, 0) is 29.9 Å². The second-order valence-electron chi connectivity index (χ2n) is 8.53. The normalized spacial score (nSPS) is 15.0. The van der Waals surface area contributed by atoms with Crippen molar-refractivity contribution >= 4 is 16.7 Å². The van der Waals surface area contributed by atoms with Crippen molar-refractivity contribution in [3.8, 4) is 5.75 Å². The van der Waals surface area contributed by atoms with Gasteiger partial charge in [0.25, 0.3) is 5.91 Å². The van der Waals surface area contributed by atoms with Crippen molar-refractivity contribution in [1.82, 2.24) is 5.32 Å². The van der Waals surface area contributed by atoms with E-state index >= 15 is 0 Å². The Hall–Kier alpha value is -1.36. The highest BCUT2D eigenvalue weighted by Gasteiger charge is 2.28. The van der Waals surface area contributed by atoms with Crippen LogP contribution in [-0.4, -0.2) is 33.3 Å². The first-order valence-corrected chi connectivity index (χ1v) is 9.95. The Balaban J connectivity index is 3.34. The third-order valence-electron chi connectivity index (χ3n) is 3.85. The molecule has 0 spiro atoms. The van der Waals surface area contributed by atoms with Crippen molar-refractivity contribution in [3.63, 3.8) is 0 Å². The van der Waals surface area contributed by atoms with Crippen LogP contribution in [0.4, 0.5) is 0 Å². The number of hydrogen-bond donors (Lipinski definition) is 2. The first kappa shape index (κ1) is 20.7. The molecule has 1 rings (SSSR count). The Labute approximate surface area is 148 Å². The van der Waals surface area contributed by atoms with E-state index in [1.807, 2.05) is 48.5 Å². The molecule has 0 saturated carbocycles. The van der Waals surface area contributed by atoms with E-state index in [1.165, 1.54) is 0 Å². The van der Waals surface area contributed by atoms with Crippen LogP contribution in [0.15, 0.2) is 12.1 Å². The fraction of sp³-hybridized carbons (Fsp3) is 0.632. The molecule has 0 aliphatic rings. The molecular weight excluding hydrogens is 322 g/mol. The number of amides is 1. The van der Waals surface area contributed by atoms with Crippen LogP contribution in [0.1, 0.15) is 70.0 Å². The van der Waals surface area contributed by atoms with Gasteiger partial charge in [-0.1, -0.05) is 41.5 Å². The van der Waals surface area contributed by atoms with E-state index < -0.39 is 10.8 Å². The Morgan fingerprint density at radius 1 is 1.12 bits per heavy atom. The van der Waals surface area contributed by atoms with Gasteiger partial charge in [-0.15, -0.1) is 0 Å². The lowest BCUT2D eigenvalue weighted by Gasteiger charge is -2.28. The van der Waals surface area contributed by atoms with Gasteiger partial charge in [-0.3, -0.25) is 9.00 Å². The molecule has 2 unspecified atom stereocenters. The Kier molecular flexibility index (Phi) is 6.26. The van der Waals surface area contributed by atoms with Crippen molar-refractivity contribution < 1.29 is 14.1 Å². The van der Waals surface area contributed by atoms with Crippen LogP contribution in [0.2, 0.25) is 0 Å². The number of phenols is 1. The summed E-state index contributed by atoms with van der Waals surface area (Å²) in [5.74, 6) is 0.473. The third kappa shape index (κ3) is 5.33. The van der Waals surface area contributed by atoms with Crippen LogP contribution in [0.3, 0.4) is 0 Å². The summed E-state index contributed by atoms with van der Waals surface area (Å²) in [5, 5.41) is 13.6. The fourth-order valence-electron chi connectivity index (χ4n) is 2.61. The lowest BCUT2D eigenvalue weighted by atomic mass is 9.78. The molecule has 1 amide bonds. The summed E-state index contributed by atoms with van der Waals surface area (Å²) in [6.07, 6.45) is 1.62. The number of aromatic hydroxyl groups is 1. The van der Waals surface area contributed by atoms with Gasteiger partial charge >= 0.3 is 0 Å². The molecule has 1 aromatic rings. The highest BCUT2D eigenvalue weighted by atomic mass is 32.2. The van der Waals surface area contributed by atoms with E-state index in [-0.39, 0.29) is 28.5 Å². The quantitative estimate of drug-likeness (QED) is 0.871. The monoisotopic (exact) mass is 353 g/mol. The van der Waals surface area contributed by atoms with Crippen molar-refractivity contribution in [2.45, 2.75) is 65.3 Å². The molecule has 2 atom stereocenters. The Bertz CT molecular complexity index is 604. The number of rotatable bonds is 4. The SMILES string of the molecule is CC(CS(C)=O)NC(=O)c1cc(C(C)(C)C)c(O)c(C(C)(C)C)c1. The van der Waals surface area contributed by atoms with Crippen molar-refractivity contribution in [1.29, 1.82) is 0 Å². The number of phenolic OH excluding ortho intramolecular Hbond substituents is 1. The molecule has 5 heteroatoms. The van der Waals surface area contributed by atoms with E-state index in [1.54, 1.807) is 18.4 Å². The average Bonchev–Trinajstić information content (AvgIpc) is 2.34. The van der Waals surface area contributed by atoms with Gasteiger partial charge in [0.1, 0.15) is 5.75 Å². The summed E-state index contributed by atoms with van der Waals surface area (Å²) in [5.41, 5.74) is 1.48. The summed E-state index contributed by atoms with van der Waals surface area (Å²) in [6, 6.07) is 3.35. The second kappa shape index (κ2) is 7.26. The summed E-state index contributed by atoms with van der Waals surface area (Å²) in [7, 11) is -0.964. The molecule has 0 fully saturated rings. The van der Waals surface area contributed by atoms with Gasteiger partial charge in [0.15, 0.2) is 0 Å². The zero-order valence-corrected chi connectivity index (χ0v) is 16.9. The molecule has 2 N–H and O–H groups in total. The van der Waals surface area contributed by atoms with E-state index in [9.17, 15) is 14.1 Å². The number of hydrogen-bond acceptors (Lipinski definition) is 3. The van der Waals surface area contributed by atoms with Gasteiger partial charge in [0.2, 0.25) is 0 Å². The van der Waals surface area contributed by atoms with Crippen LogP contribution >= 0.6 is 0 Å². The van der Waals surface area contributed by atoms with E-state index in [4.69, 9.17) is 0 Å². The van der Waals surface area contributed by atoms with E-state index in [0.717, 1.165) is 11.1 Å². The molecule has 136 valence electrons. The number of benzene rings is 1. The standard InChI is InChI=1S/C19H31NO3S/c1-12(11-24(8)23)20-17(22)13-9-14(18(2,3)4)16(21)15(10-13)19(5,6)7/h9-10,12,21H,11H2,1-8H3,(H,20,22). The molecule has 0 radical (unpaired) electrons. The maximum Gasteiger partial charge on any atom is 0.251 e. The Morgan fingerprint density at radius 3 is 1.88 bits per heavy atom. The molecule has 0 saturated heterocycles. The van der Waals surface area contributed by atoms with Crippen molar-refractivity contribution in [2.24, 2.45) is 0 Å². The highest BCUT2D eigenvalue weighted by Crippen LogP contribution is 2.39. The summed E-state index contributed by atoms with van der Waals surface area (Å²) < 4.78 is 11.3. The minimum absolute atomic E-state index is 0.173. The maximum absolute atomic E-state index is 12.6. The largest absolute Gasteiger partial charge is 0.507 e. The zero-order chi connectivity index (χ0) is 18.9. The van der Waals surface area contributed by atoms with Gasteiger partial charge in [0.05, 0.1) is 0 Å². The molecule has 0 bridgehead atoms. The van der Waals surface area contributed by atoms with Gasteiger partial charge in [0, 0.05) is 45.5 Å². The molecule has 24 heavy (non-hydrogen) atoms. The Morgan fingerprint density at radius 2 is 1.54 bits per heavy atom. The number of carbonyl (C=O) groups excluding carboxylic acids is 1. The molecular formula is C19H31NO3S. The molecule has 1 aromatic carbocycles. The van der Waals surface area contributed by atoms with Crippen LogP contribution in [0, 0.1) is 0 Å². The number of nitrogens with one attached hydrogen (secondary N) is 1. The van der Waals surface area contributed by atoms with Crippen molar-refractivity contribution in [2.75, 3.05) is 12.0 Å². The molecule has 4 nitrogen and oxygen atoms in total. The molecule has 0 heterocycles. The summed E-state index contributed by atoms with van der Waals surface area (Å²) in [4.78, 5) is 12.6. The molecule has 0 aliphatic carbocycles. The fourth-order valence-corrected chi connectivity index (χ4v) is 3.40. The lowest BCUT2D eigenvalue weighted by molar-refractivity contribution is 0.0943. The molecule has 0 aliphatic heterocycles. The zero-order valence-electron chi connectivity index (χ0n) is 16.1. The van der Waals surface area contributed by atoms with Crippen LogP contribution in [-0.2, 0) is 21.6 Å². The topological polar surface area (TPSA) is 66.4 Å². The maximum atomic E-state index is 12.6. The summed E-state index contributed by atoms with van der Waals surface area (Å²) in [6.45, 7) is 13.9. The van der Waals surface area contributed by atoms with Gasteiger partial charge in [-0.2, -0.15) is 0 Å². The van der Waals surface area contributed by atoms with Crippen LogP contribution in [0.5, 0.6) is 5.75 Å². The summed E-state index contributed by atoms with van der Waals surface area (Å²) >= 11 is 0. The van der Waals surface area contributed by atoms with E-state index in [0.29, 0.717) is 11.3 Å². The van der Waals surface area contributed by atoms with Crippen molar-refractivity contribution in [3.05, 3.63) is 28.8 Å². The minimum atomic E-state index is -0.964. The van der Waals surface area contributed by atoms with Crippen LogP contribution in [0.25, 0.3) is 0 Å². The van der Waals surface area contributed by atoms with Gasteiger partial charge in [-0.25, -0.2) is 0 Å². The minimum Gasteiger partial charge on any atom is -0.507 e. The molecule has 0 aromatic heterocycles. The highest BCUT2D eigenvalue weighted by molar-refractivity contribution is 7.84. The predicted molar refractivity (Wildman–Crippen MR) is 101 cm³/mol. The smallest absolute Gasteiger partial charge is 0.251 e. The third-order valence-corrected chi connectivity index (χ3v) is 4.82. The number of carbonyl (C=O) groups is 1. The first-order chi connectivity index (χ1) is 10.7. The lowest BCUT2D eigenvalue weighted by Crippen LogP contribution is -2.36. The van der Waals surface area contributed by atoms with Crippen LogP contribution < -0.4 is 5.32 Å². The first-order valence-electron chi connectivity index (χ1n) is 8.22. The average molecular weight is 354 g/mol.